The maximum atomic E-state index is 6.19. The van der Waals surface area contributed by atoms with Gasteiger partial charge < -0.3 is 7.43 Å². The van der Waals surface area contributed by atoms with Gasteiger partial charge in [-0.3, -0.25) is 0 Å². The van der Waals surface area contributed by atoms with Crippen LogP contribution in [0.1, 0.15) is 113 Å². The van der Waals surface area contributed by atoms with Crippen LogP contribution in [0.4, 0.5) is 0 Å². The van der Waals surface area contributed by atoms with Crippen molar-refractivity contribution in [3.8, 4) is 0 Å². The van der Waals surface area contributed by atoms with Gasteiger partial charge in [-0.15, -0.1) is 0 Å². The molecule has 0 unspecified atom stereocenters. The van der Waals surface area contributed by atoms with Crippen molar-refractivity contribution in [3.05, 3.63) is 84.8 Å². The molecule has 4 aliphatic carbocycles. The molecule has 38 heavy (non-hydrogen) atoms. The fourth-order valence-electron chi connectivity index (χ4n) is 7.47. The molecule has 0 aromatic heterocycles. The zero-order valence-electron chi connectivity index (χ0n) is 23.2. The number of benzene rings is 2. The maximum absolute atomic E-state index is 6.19. The predicted molar refractivity (Wildman–Crippen MR) is 171 cm³/mol. The Morgan fingerprint density at radius 2 is 0.974 bits per heavy atom. The van der Waals surface area contributed by atoms with Gasteiger partial charge in [-0.05, 0) is 77.0 Å². The van der Waals surface area contributed by atoms with Gasteiger partial charge in [0, 0.05) is 7.92 Å². The normalized spacial score (nSPS) is 21.2. The first-order chi connectivity index (χ1) is 18.2. The fraction of sp³-hybridized carbons (Fsp3) is 0.529. The zero-order valence-corrected chi connectivity index (χ0v) is 27.5. The van der Waals surface area contributed by atoms with E-state index in [1.165, 1.54) is 39.2 Å². The second-order valence-electron chi connectivity index (χ2n) is 11.5. The molecular weight excluding hydrogens is 611 g/mol. The van der Waals surface area contributed by atoms with Crippen molar-refractivity contribution in [2.45, 2.75) is 113 Å². The van der Waals surface area contributed by atoms with Crippen molar-refractivity contribution >= 4 is 37.0 Å². The molecule has 3 saturated carbocycles. The SMILES string of the molecule is C1CCC([PH+](C2CCCCC2)C2CCCCC2)CC1.[CH3-].[Cl][Ru]([Cl])=[C]1C=C(c2ccccc2)c2ccccc21. The molecule has 0 heterocycles. The number of allylic oxidation sites excluding steroid dienone is 1. The molecule has 0 spiro atoms. The van der Waals surface area contributed by atoms with Crippen molar-refractivity contribution in [3.63, 3.8) is 0 Å². The van der Waals surface area contributed by atoms with Crippen LogP contribution in [0.25, 0.3) is 5.57 Å². The predicted octanol–water partition coefficient (Wildman–Crippen LogP) is 11.2. The first-order valence-corrected chi connectivity index (χ1v) is 21.9. The minimum absolute atomic E-state index is 0. The monoisotopic (exact) mass is 658 g/mol. The third-order valence-electron chi connectivity index (χ3n) is 9.19. The summed E-state index contributed by atoms with van der Waals surface area (Å²) in [5.41, 5.74) is 8.55. The van der Waals surface area contributed by atoms with Crippen LogP contribution in [0.15, 0.2) is 60.7 Å². The standard InChI is InChI=1S/C18H33P.C15H10.CH3.2ClH.Ru/c1-4-10-16(11-5-1)19(17-12-6-2-7-13-17)18-14-8-3-9-15-18;1-2-6-12(7-3-1)15-11-10-13-8-4-5-9-14(13)15;;;;/h16-18H,1-15H2;1-9,11H;1H3;2*1H;/q;;-1;;;+2/p-1. The molecular formula is C34H47Cl2PRu. The molecule has 0 aliphatic heterocycles. The molecule has 0 N–H and O–H groups in total. The summed E-state index contributed by atoms with van der Waals surface area (Å²) in [4.78, 5) is 0. The van der Waals surface area contributed by atoms with Crippen LogP contribution in [0, 0.1) is 7.43 Å². The summed E-state index contributed by atoms with van der Waals surface area (Å²) in [6, 6.07) is 18.7. The van der Waals surface area contributed by atoms with E-state index >= 15 is 0 Å². The van der Waals surface area contributed by atoms with Crippen LogP contribution in [-0.4, -0.2) is 21.1 Å². The molecule has 0 nitrogen and oxygen atoms in total. The molecule has 210 valence electrons. The van der Waals surface area contributed by atoms with Crippen LogP contribution in [-0.2, 0) is 13.5 Å². The molecule has 0 saturated heterocycles. The van der Waals surface area contributed by atoms with Gasteiger partial charge in [0.15, 0.2) is 0 Å². The Bertz CT molecular complexity index is 1010. The quantitative estimate of drug-likeness (QED) is 0.174. The fourth-order valence-corrected chi connectivity index (χ4v) is 15.2. The molecule has 0 bridgehead atoms. The van der Waals surface area contributed by atoms with E-state index in [1.54, 1.807) is 96.3 Å². The van der Waals surface area contributed by atoms with Gasteiger partial charge in [-0.25, -0.2) is 0 Å². The Morgan fingerprint density at radius 3 is 1.42 bits per heavy atom. The Hall–Kier alpha value is -0.317. The van der Waals surface area contributed by atoms with Crippen molar-refractivity contribution < 1.29 is 13.5 Å². The molecule has 6 rings (SSSR count). The summed E-state index contributed by atoms with van der Waals surface area (Å²) >= 11 is -1.88. The van der Waals surface area contributed by atoms with Crippen LogP contribution in [0.5, 0.6) is 0 Å². The van der Waals surface area contributed by atoms with Gasteiger partial charge in [-0.1, -0.05) is 19.3 Å². The molecule has 0 amide bonds. The molecule has 4 heteroatoms. The summed E-state index contributed by atoms with van der Waals surface area (Å²) in [5, 5.41) is 0. The number of hydrogen-bond donors (Lipinski definition) is 0. The van der Waals surface area contributed by atoms with Gasteiger partial charge in [0.2, 0.25) is 0 Å². The second kappa shape index (κ2) is 15.6. The molecule has 0 radical (unpaired) electrons. The zero-order chi connectivity index (χ0) is 25.5. The Balaban J connectivity index is 0.000000173. The first-order valence-electron chi connectivity index (χ1n) is 14.8. The van der Waals surface area contributed by atoms with Gasteiger partial charge in [0.1, 0.15) is 0 Å². The number of rotatable bonds is 4. The van der Waals surface area contributed by atoms with Crippen molar-refractivity contribution in [1.82, 2.24) is 0 Å². The van der Waals surface area contributed by atoms with Gasteiger partial charge in [0.05, 0.1) is 17.0 Å². The van der Waals surface area contributed by atoms with Crippen LogP contribution in [0.2, 0.25) is 0 Å². The Labute approximate surface area is 247 Å². The molecule has 2 aromatic rings. The number of fused-ring (bicyclic) bond motifs is 1. The molecule has 4 aliphatic rings. The van der Waals surface area contributed by atoms with E-state index in [9.17, 15) is 0 Å². The second-order valence-corrected chi connectivity index (χ2v) is 20.8. The van der Waals surface area contributed by atoms with Crippen molar-refractivity contribution in [2.24, 2.45) is 0 Å². The van der Waals surface area contributed by atoms with E-state index in [0.29, 0.717) is 0 Å². The average Bonchev–Trinajstić information content (AvgIpc) is 3.36. The minimum atomic E-state index is -1.88. The Morgan fingerprint density at radius 1 is 0.553 bits per heavy atom. The Kier molecular flexibility index (Phi) is 12.6. The van der Waals surface area contributed by atoms with E-state index < -0.39 is 13.5 Å². The molecule has 3 fully saturated rings. The van der Waals surface area contributed by atoms with Crippen molar-refractivity contribution in [1.29, 1.82) is 0 Å². The topological polar surface area (TPSA) is 0 Å². The van der Waals surface area contributed by atoms with E-state index in [-0.39, 0.29) is 15.3 Å². The summed E-state index contributed by atoms with van der Waals surface area (Å²) in [7, 11) is 12.3. The summed E-state index contributed by atoms with van der Waals surface area (Å²) in [5.74, 6) is 0. The van der Waals surface area contributed by atoms with Gasteiger partial charge in [0.25, 0.3) is 0 Å². The molecule has 0 atom stereocenters. The van der Waals surface area contributed by atoms with Gasteiger partial charge >= 0.3 is 120 Å². The van der Waals surface area contributed by atoms with E-state index in [1.807, 2.05) is 24.3 Å². The average molecular weight is 659 g/mol. The summed E-state index contributed by atoms with van der Waals surface area (Å²) < 4.78 is 1.12. The van der Waals surface area contributed by atoms with Crippen LogP contribution >= 0.6 is 27.3 Å². The third kappa shape index (κ3) is 7.70. The van der Waals surface area contributed by atoms with E-state index in [0.717, 1.165) is 4.11 Å². The first kappa shape index (κ1) is 30.6. The third-order valence-corrected chi connectivity index (χ3v) is 16.9. The number of halogens is 2. The van der Waals surface area contributed by atoms with E-state index in [4.69, 9.17) is 19.4 Å². The molecule has 2 aromatic carbocycles. The van der Waals surface area contributed by atoms with Crippen LogP contribution < -0.4 is 0 Å². The van der Waals surface area contributed by atoms with Crippen LogP contribution in [0.3, 0.4) is 0 Å². The van der Waals surface area contributed by atoms with Crippen molar-refractivity contribution in [2.75, 3.05) is 0 Å². The van der Waals surface area contributed by atoms with E-state index in [2.05, 4.69) is 36.4 Å². The summed E-state index contributed by atoms with van der Waals surface area (Å²) in [6.45, 7) is 0. The van der Waals surface area contributed by atoms with Gasteiger partial charge in [-0.2, -0.15) is 0 Å². The number of hydrogen-bond acceptors (Lipinski definition) is 0. The summed E-state index contributed by atoms with van der Waals surface area (Å²) in [6.07, 6.45) is 25.9.